The van der Waals surface area contributed by atoms with Crippen LogP contribution in [-0.2, 0) is 4.79 Å². The summed E-state index contributed by atoms with van der Waals surface area (Å²) in [6.07, 6.45) is 0. The molecule has 3 aromatic rings. The van der Waals surface area contributed by atoms with Gasteiger partial charge in [0.15, 0.2) is 5.82 Å². The average molecular weight is 536 g/mol. The lowest BCUT2D eigenvalue weighted by atomic mass is 10.1. The molecule has 9 nitrogen and oxygen atoms in total. The summed E-state index contributed by atoms with van der Waals surface area (Å²) >= 11 is 0. The van der Waals surface area contributed by atoms with Gasteiger partial charge in [0.2, 0.25) is 5.91 Å². The Morgan fingerprint density at radius 1 is 0.974 bits per heavy atom. The highest BCUT2D eigenvalue weighted by Gasteiger charge is 2.26. The maximum atomic E-state index is 13.7. The van der Waals surface area contributed by atoms with Crippen LogP contribution >= 0.6 is 0 Å². The number of nitrogens with zero attached hydrogens (tertiary/aromatic N) is 5. The van der Waals surface area contributed by atoms with Gasteiger partial charge >= 0.3 is 0 Å². The van der Waals surface area contributed by atoms with Gasteiger partial charge in [-0.25, -0.2) is 4.39 Å². The number of hydrogen-bond acceptors (Lipinski definition) is 7. The third-order valence-electron chi connectivity index (χ3n) is 6.56. The van der Waals surface area contributed by atoms with Crippen LogP contribution < -0.4 is 14.4 Å². The maximum Gasteiger partial charge on any atom is 0.254 e. The topological polar surface area (TPSA) is 88.1 Å². The average Bonchev–Trinajstić information content (AvgIpc) is 2.96. The zero-order valence-electron chi connectivity index (χ0n) is 22.8. The molecule has 1 aliphatic rings. The largest absolute Gasteiger partial charge is 0.497 e. The molecule has 0 N–H and O–H groups in total. The van der Waals surface area contributed by atoms with Crippen LogP contribution in [0.5, 0.6) is 11.5 Å². The van der Waals surface area contributed by atoms with Crippen molar-refractivity contribution in [2.24, 2.45) is 5.92 Å². The van der Waals surface area contributed by atoms with Gasteiger partial charge in [0.25, 0.3) is 5.91 Å². The quantitative estimate of drug-likeness (QED) is 0.412. The number of anilines is 1. The Kier molecular flexibility index (Phi) is 8.96. The monoisotopic (exact) mass is 535 g/mol. The molecule has 0 atom stereocenters. The van der Waals surface area contributed by atoms with Gasteiger partial charge in [0.05, 0.1) is 19.9 Å². The molecule has 0 spiro atoms. The zero-order valence-corrected chi connectivity index (χ0v) is 22.8. The van der Waals surface area contributed by atoms with E-state index in [2.05, 4.69) is 15.1 Å². The van der Waals surface area contributed by atoms with Crippen LogP contribution in [0.3, 0.4) is 0 Å². The molecular formula is C29H34FN5O4. The normalized spacial score (nSPS) is 13.4. The van der Waals surface area contributed by atoms with E-state index < -0.39 is 5.82 Å². The Bertz CT molecular complexity index is 1290. The minimum Gasteiger partial charge on any atom is -0.497 e. The molecule has 0 bridgehead atoms. The van der Waals surface area contributed by atoms with Crippen molar-refractivity contribution < 1.29 is 23.5 Å². The third-order valence-corrected chi connectivity index (χ3v) is 6.56. The van der Waals surface area contributed by atoms with E-state index in [1.165, 1.54) is 23.1 Å². The van der Waals surface area contributed by atoms with E-state index in [9.17, 15) is 14.0 Å². The number of ether oxygens (including phenoxy) is 2. The molecule has 0 saturated carbocycles. The number of halogens is 1. The van der Waals surface area contributed by atoms with E-state index in [1.54, 1.807) is 31.3 Å². The van der Waals surface area contributed by atoms with Crippen LogP contribution in [-0.4, -0.2) is 85.3 Å². The number of carbonyl (C=O) groups excluding carboxylic acids is 2. The predicted octanol–water partition coefficient (Wildman–Crippen LogP) is 3.75. The Hall–Kier alpha value is -4.21. The fraction of sp³-hybridized carbons (Fsp3) is 0.379. The van der Waals surface area contributed by atoms with Crippen molar-refractivity contribution in [3.63, 3.8) is 0 Å². The Morgan fingerprint density at radius 3 is 2.36 bits per heavy atom. The van der Waals surface area contributed by atoms with Crippen molar-refractivity contribution in [3.8, 4) is 22.8 Å². The highest BCUT2D eigenvalue weighted by atomic mass is 19.1. The molecule has 2 aromatic carbocycles. The van der Waals surface area contributed by atoms with Gasteiger partial charge in [-0.15, -0.1) is 10.2 Å². The molecular weight excluding hydrogens is 501 g/mol. The summed E-state index contributed by atoms with van der Waals surface area (Å²) in [5, 5.41) is 8.81. The first-order chi connectivity index (χ1) is 18.8. The predicted molar refractivity (Wildman–Crippen MR) is 147 cm³/mol. The molecule has 0 unspecified atom stereocenters. The highest BCUT2D eigenvalue weighted by molar-refractivity contribution is 5.96. The second-order valence-electron chi connectivity index (χ2n) is 9.80. The van der Waals surface area contributed by atoms with Crippen LogP contribution in [0.1, 0.15) is 24.2 Å². The molecule has 2 heterocycles. The molecule has 1 saturated heterocycles. The van der Waals surface area contributed by atoms with Crippen LogP contribution in [0.2, 0.25) is 0 Å². The van der Waals surface area contributed by atoms with Crippen LogP contribution in [0.15, 0.2) is 54.6 Å². The van der Waals surface area contributed by atoms with Gasteiger partial charge in [-0.2, -0.15) is 0 Å². The third kappa shape index (κ3) is 6.81. The molecule has 2 amide bonds. The first kappa shape index (κ1) is 27.8. The van der Waals surface area contributed by atoms with Crippen LogP contribution in [0.4, 0.5) is 10.2 Å². The minimum absolute atomic E-state index is 0.0499. The van der Waals surface area contributed by atoms with Gasteiger partial charge in [-0.05, 0) is 48.4 Å². The molecule has 1 aliphatic heterocycles. The molecule has 206 valence electrons. The van der Waals surface area contributed by atoms with E-state index in [0.717, 1.165) is 11.4 Å². The number of methoxy groups -OCH3 is 2. The molecule has 1 fully saturated rings. The number of benzene rings is 2. The minimum atomic E-state index is -0.480. The first-order valence-corrected chi connectivity index (χ1v) is 12.9. The molecule has 39 heavy (non-hydrogen) atoms. The van der Waals surface area contributed by atoms with E-state index in [0.29, 0.717) is 49.9 Å². The maximum absolute atomic E-state index is 13.7. The van der Waals surface area contributed by atoms with Crippen LogP contribution in [0.25, 0.3) is 11.3 Å². The smallest absolute Gasteiger partial charge is 0.254 e. The van der Waals surface area contributed by atoms with Gasteiger partial charge < -0.3 is 24.2 Å². The first-order valence-electron chi connectivity index (χ1n) is 12.9. The van der Waals surface area contributed by atoms with Gasteiger partial charge in [-0.1, -0.05) is 19.9 Å². The Morgan fingerprint density at radius 2 is 1.74 bits per heavy atom. The summed E-state index contributed by atoms with van der Waals surface area (Å²) in [5.74, 6) is 1.26. The summed E-state index contributed by atoms with van der Waals surface area (Å²) in [6.45, 7) is 6.49. The van der Waals surface area contributed by atoms with Crippen molar-refractivity contribution in [1.82, 2.24) is 20.0 Å². The number of amides is 2. The Labute approximate surface area is 228 Å². The van der Waals surface area contributed by atoms with Crippen molar-refractivity contribution in [2.45, 2.75) is 13.8 Å². The molecule has 0 radical (unpaired) electrons. The van der Waals surface area contributed by atoms with Crippen LogP contribution in [0, 0.1) is 11.7 Å². The number of aromatic nitrogens is 2. The number of piperazine rings is 1. The number of hydrogen-bond donors (Lipinski definition) is 0. The van der Waals surface area contributed by atoms with E-state index in [1.807, 2.05) is 38.1 Å². The summed E-state index contributed by atoms with van der Waals surface area (Å²) in [4.78, 5) is 31.5. The summed E-state index contributed by atoms with van der Waals surface area (Å²) < 4.78 is 24.4. The molecule has 0 aliphatic carbocycles. The standard InChI is InChI=1S/C29H34FN5O4/c1-20(2)18-35(29(37)21-6-5-7-22(30)16-21)19-28(36)34-14-12-33(13-15-34)27-11-10-25(31-32-27)24-9-8-23(38-3)17-26(24)39-4/h5-11,16-17,20H,12-15,18-19H2,1-4H3. The van der Waals surface area contributed by atoms with Gasteiger partial charge in [-0.3, -0.25) is 9.59 Å². The number of rotatable bonds is 9. The van der Waals surface area contributed by atoms with Crippen molar-refractivity contribution >= 4 is 17.6 Å². The molecule has 10 heteroatoms. The van der Waals surface area contributed by atoms with E-state index in [4.69, 9.17) is 9.47 Å². The summed E-state index contributed by atoms with van der Waals surface area (Å²) in [5.41, 5.74) is 1.73. The van der Waals surface area contributed by atoms with E-state index >= 15 is 0 Å². The lowest BCUT2D eigenvalue weighted by molar-refractivity contribution is -0.132. The fourth-order valence-corrected chi connectivity index (χ4v) is 4.56. The van der Waals surface area contributed by atoms with Crippen molar-refractivity contribution in [3.05, 3.63) is 66.0 Å². The van der Waals surface area contributed by atoms with Gasteiger partial charge in [0.1, 0.15) is 23.9 Å². The second-order valence-corrected chi connectivity index (χ2v) is 9.80. The van der Waals surface area contributed by atoms with Gasteiger partial charge in [0, 0.05) is 49.9 Å². The number of carbonyl (C=O) groups is 2. The van der Waals surface area contributed by atoms with Crippen molar-refractivity contribution in [1.29, 1.82) is 0 Å². The SMILES string of the molecule is COc1ccc(-c2ccc(N3CCN(C(=O)CN(CC(C)C)C(=O)c4cccc(F)c4)CC3)nn2)c(OC)c1. The zero-order chi connectivity index (χ0) is 27.9. The second kappa shape index (κ2) is 12.6. The molecule has 4 rings (SSSR count). The fourth-order valence-electron chi connectivity index (χ4n) is 4.56. The lowest BCUT2D eigenvalue weighted by Crippen LogP contribution is -2.52. The summed E-state index contributed by atoms with van der Waals surface area (Å²) in [6, 6.07) is 14.9. The summed E-state index contributed by atoms with van der Waals surface area (Å²) in [7, 11) is 3.20. The molecule has 1 aromatic heterocycles. The highest BCUT2D eigenvalue weighted by Crippen LogP contribution is 2.32. The van der Waals surface area contributed by atoms with E-state index in [-0.39, 0.29) is 29.8 Å². The van der Waals surface area contributed by atoms with Crippen molar-refractivity contribution in [2.75, 3.05) is 58.4 Å². The Balaban J connectivity index is 1.37. The lowest BCUT2D eigenvalue weighted by Gasteiger charge is -2.36.